The van der Waals surface area contributed by atoms with Crippen molar-refractivity contribution in [3.05, 3.63) is 58.1 Å². The highest BCUT2D eigenvalue weighted by Crippen LogP contribution is 2.28. The molecule has 1 saturated heterocycles. The Balaban J connectivity index is 1.55. The van der Waals surface area contributed by atoms with Gasteiger partial charge in [-0.2, -0.15) is 0 Å². The van der Waals surface area contributed by atoms with E-state index >= 15 is 0 Å². The smallest absolute Gasteiger partial charge is 0.408 e. The average molecular weight is 382 g/mol. The minimum atomic E-state index is -0.530. The van der Waals surface area contributed by atoms with Crippen LogP contribution in [-0.4, -0.2) is 43.5 Å². The second-order valence-electron chi connectivity index (χ2n) is 7.09. The number of hydrogen-bond acceptors (Lipinski definition) is 6. The van der Waals surface area contributed by atoms with Crippen LogP contribution in [0.4, 0.5) is 0 Å². The quantitative estimate of drug-likeness (QED) is 0.735. The molecule has 1 atom stereocenters. The number of hydrogen-bond donors (Lipinski definition) is 1. The van der Waals surface area contributed by atoms with Crippen molar-refractivity contribution in [2.45, 2.75) is 38.8 Å². The predicted molar refractivity (Wildman–Crippen MR) is 102 cm³/mol. The Labute approximate surface area is 161 Å². The third-order valence-corrected chi connectivity index (χ3v) is 5.22. The Kier molecular flexibility index (Phi) is 4.95. The van der Waals surface area contributed by atoms with Crippen LogP contribution in [0.25, 0.3) is 11.1 Å². The maximum Gasteiger partial charge on any atom is 0.420 e. The van der Waals surface area contributed by atoms with Crippen molar-refractivity contribution in [1.29, 1.82) is 0 Å². The van der Waals surface area contributed by atoms with Crippen molar-refractivity contribution in [3.63, 3.8) is 0 Å². The molecule has 28 heavy (non-hydrogen) atoms. The van der Waals surface area contributed by atoms with Gasteiger partial charge in [-0.1, -0.05) is 12.1 Å². The van der Waals surface area contributed by atoms with Crippen LogP contribution in [0.3, 0.4) is 0 Å². The number of carbonyl (C=O) groups excluding carboxylic acids is 1. The summed E-state index contributed by atoms with van der Waals surface area (Å²) in [7, 11) is 0. The summed E-state index contributed by atoms with van der Waals surface area (Å²) in [5.74, 6) is 0.0261. The Morgan fingerprint density at radius 1 is 1.36 bits per heavy atom. The van der Waals surface area contributed by atoms with Crippen molar-refractivity contribution in [1.82, 2.24) is 19.4 Å². The zero-order chi connectivity index (χ0) is 19.7. The molecule has 1 fully saturated rings. The number of carbonyl (C=O) groups is 1. The molecule has 0 aliphatic carbocycles. The topological polar surface area (TPSA) is 101 Å². The zero-order valence-corrected chi connectivity index (χ0v) is 15.7. The minimum Gasteiger partial charge on any atom is -0.408 e. The van der Waals surface area contributed by atoms with Gasteiger partial charge in [-0.15, -0.1) is 0 Å². The van der Waals surface area contributed by atoms with E-state index in [0.717, 1.165) is 18.5 Å². The first kappa shape index (κ1) is 18.4. The normalized spacial score (nSPS) is 17.2. The molecular weight excluding hydrogens is 360 g/mol. The van der Waals surface area contributed by atoms with Crippen molar-refractivity contribution >= 4 is 17.0 Å². The van der Waals surface area contributed by atoms with Gasteiger partial charge in [0.1, 0.15) is 12.4 Å². The van der Waals surface area contributed by atoms with Gasteiger partial charge in [-0.3, -0.25) is 9.36 Å². The van der Waals surface area contributed by atoms with E-state index in [9.17, 15) is 14.7 Å². The molecule has 2 aromatic heterocycles. The molecule has 0 saturated carbocycles. The summed E-state index contributed by atoms with van der Waals surface area (Å²) < 4.78 is 6.58. The maximum atomic E-state index is 12.9. The van der Waals surface area contributed by atoms with E-state index in [-0.39, 0.29) is 25.0 Å². The van der Waals surface area contributed by atoms with E-state index in [1.54, 1.807) is 29.3 Å². The van der Waals surface area contributed by atoms with Crippen molar-refractivity contribution < 1.29 is 14.3 Å². The van der Waals surface area contributed by atoms with Crippen LogP contribution >= 0.6 is 0 Å². The maximum absolute atomic E-state index is 12.9. The fraction of sp³-hybridized carbons (Fsp3) is 0.400. The SMILES string of the molecule is Cc1ncc(CO)c(C2CCCN(C(=O)Cn3c(=O)oc4ccccc43)C2)n1. The highest BCUT2D eigenvalue weighted by Gasteiger charge is 2.28. The summed E-state index contributed by atoms with van der Waals surface area (Å²) in [6.07, 6.45) is 3.38. The second kappa shape index (κ2) is 7.55. The van der Waals surface area contributed by atoms with Gasteiger partial charge in [-0.05, 0) is 31.9 Å². The number of para-hydroxylation sites is 2. The van der Waals surface area contributed by atoms with E-state index < -0.39 is 5.76 Å². The van der Waals surface area contributed by atoms with E-state index in [4.69, 9.17) is 4.42 Å². The number of fused-ring (bicyclic) bond motifs is 1. The summed E-state index contributed by atoms with van der Waals surface area (Å²) in [6.45, 7) is 2.77. The van der Waals surface area contributed by atoms with Crippen molar-refractivity contribution in [3.8, 4) is 0 Å². The van der Waals surface area contributed by atoms with Crippen LogP contribution in [0.1, 0.15) is 35.8 Å². The Hall–Kier alpha value is -3.00. The number of piperidine rings is 1. The Morgan fingerprint density at radius 3 is 3.00 bits per heavy atom. The van der Waals surface area contributed by atoms with Gasteiger partial charge >= 0.3 is 5.76 Å². The highest BCUT2D eigenvalue weighted by molar-refractivity contribution is 5.79. The molecule has 0 bridgehead atoms. The number of nitrogens with zero attached hydrogens (tertiary/aromatic N) is 4. The van der Waals surface area contributed by atoms with Gasteiger partial charge in [0, 0.05) is 30.8 Å². The number of aryl methyl sites for hydroxylation is 1. The molecule has 8 heteroatoms. The number of aliphatic hydroxyl groups excluding tert-OH is 1. The standard InChI is InChI=1S/C20H22N4O4/c1-13-21-9-15(12-25)19(22-13)14-5-4-8-23(10-14)18(26)11-24-16-6-2-3-7-17(16)28-20(24)27/h2-3,6-7,9,14,25H,4-5,8,10-12H2,1H3. The lowest BCUT2D eigenvalue weighted by atomic mass is 9.92. The predicted octanol–water partition coefficient (Wildman–Crippen LogP) is 1.59. The fourth-order valence-electron chi connectivity index (χ4n) is 3.81. The second-order valence-corrected chi connectivity index (χ2v) is 7.09. The van der Waals surface area contributed by atoms with E-state index in [0.29, 0.717) is 35.6 Å². The molecular formula is C20H22N4O4. The molecule has 3 aromatic rings. The molecule has 1 aromatic carbocycles. The molecule has 146 valence electrons. The summed E-state index contributed by atoms with van der Waals surface area (Å²) in [4.78, 5) is 35.5. The monoisotopic (exact) mass is 382 g/mol. The molecule has 1 aliphatic rings. The van der Waals surface area contributed by atoms with Gasteiger partial charge in [-0.25, -0.2) is 14.8 Å². The van der Waals surface area contributed by atoms with Gasteiger partial charge < -0.3 is 14.4 Å². The van der Waals surface area contributed by atoms with Crippen molar-refractivity contribution in [2.75, 3.05) is 13.1 Å². The minimum absolute atomic E-state index is 0.0411. The number of aromatic nitrogens is 3. The molecule has 1 aliphatic heterocycles. The van der Waals surface area contributed by atoms with Crippen LogP contribution < -0.4 is 5.76 Å². The number of rotatable bonds is 4. The molecule has 3 heterocycles. The lowest BCUT2D eigenvalue weighted by Crippen LogP contribution is -2.42. The summed E-state index contributed by atoms with van der Waals surface area (Å²) in [5.41, 5.74) is 2.59. The van der Waals surface area contributed by atoms with Gasteiger partial charge in [0.15, 0.2) is 5.58 Å². The van der Waals surface area contributed by atoms with Crippen LogP contribution in [-0.2, 0) is 17.9 Å². The number of benzene rings is 1. The molecule has 1 unspecified atom stereocenters. The highest BCUT2D eigenvalue weighted by atomic mass is 16.4. The Morgan fingerprint density at radius 2 is 2.18 bits per heavy atom. The first-order valence-electron chi connectivity index (χ1n) is 9.36. The molecule has 1 amide bonds. The first-order valence-corrected chi connectivity index (χ1v) is 9.36. The number of aliphatic hydroxyl groups is 1. The lowest BCUT2D eigenvalue weighted by Gasteiger charge is -2.33. The summed E-state index contributed by atoms with van der Waals surface area (Å²) in [6, 6.07) is 7.07. The Bertz CT molecular complexity index is 1070. The molecule has 8 nitrogen and oxygen atoms in total. The van der Waals surface area contributed by atoms with Crippen LogP contribution in [0.15, 0.2) is 39.7 Å². The molecule has 4 rings (SSSR count). The fourth-order valence-corrected chi connectivity index (χ4v) is 3.81. The number of oxazole rings is 1. The molecule has 0 radical (unpaired) electrons. The van der Waals surface area contributed by atoms with Crippen LogP contribution in [0, 0.1) is 6.92 Å². The van der Waals surface area contributed by atoms with Crippen LogP contribution in [0.2, 0.25) is 0 Å². The van der Waals surface area contributed by atoms with Crippen molar-refractivity contribution in [2.24, 2.45) is 0 Å². The van der Waals surface area contributed by atoms with E-state index in [2.05, 4.69) is 9.97 Å². The van der Waals surface area contributed by atoms with E-state index in [1.807, 2.05) is 13.0 Å². The lowest BCUT2D eigenvalue weighted by molar-refractivity contribution is -0.133. The van der Waals surface area contributed by atoms with Gasteiger partial charge in [0.2, 0.25) is 5.91 Å². The van der Waals surface area contributed by atoms with E-state index in [1.165, 1.54) is 4.57 Å². The van der Waals surface area contributed by atoms with Gasteiger partial charge in [0.05, 0.1) is 17.8 Å². The zero-order valence-electron chi connectivity index (χ0n) is 15.7. The molecule has 0 spiro atoms. The molecule has 1 N–H and O–H groups in total. The first-order chi connectivity index (χ1) is 13.6. The number of amides is 1. The van der Waals surface area contributed by atoms with Crippen LogP contribution in [0.5, 0.6) is 0 Å². The third-order valence-electron chi connectivity index (χ3n) is 5.22. The third kappa shape index (κ3) is 3.43. The average Bonchev–Trinajstić information content (AvgIpc) is 3.03. The summed E-state index contributed by atoms with van der Waals surface area (Å²) in [5, 5.41) is 9.61. The summed E-state index contributed by atoms with van der Waals surface area (Å²) >= 11 is 0. The van der Waals surface area contributed by atoms with Gasteiger partial charge in [0.25, 0.3) is 0 Å². The largest absolute Gasteiger partial charge is 0.420 e. The number of likely N-dealkylation sites (tertiary alicyclic amines) is 1.